The van der Waals surface area contributed by atoms with Gasteiger partial charge in [-0.25, -0.2) is 9.97 Å². The lowest BCUT2D eigenvalue weighted by molar-refractivity contribution is 0.0987. The fourth-order valence-electron chi connectivity index (χ4n) is 5.40. The van der Waals surface area contributed by atoms with Crippen molar-refractivity contribution >= 4 is 38.3 Å². The van der Waals surface area contributed by atoms with Crippen LogP contribution < -0.4 is 4.90 Å². The predicted molar refractivity (Wildman–Crippen MR) is 138 cm³/mol. The van der Waals surface area contributed by atoms with Gasteiger partial charge in [-0.3, -0.25) is 4.90 Å². The number of benzene rings is 1. The summed E-state index contributed by atoms with van der Waals surface area (Å²) in [6, 6.07) is 9.18. The molecule has 5 heterocycles. The molecule has 0 bridgehead atoms. The van der Waals surface area contributed by atoms with Gasteiger partial charge in [0.1, 0.15) is 0 Å². The van der Waals surface area contributed by atoms with E-state index >= 15 is 0 Å². The molecule has 2 fully saturated rings. The third-order valence-corrected chi connectivity index (χ3v) is 8.19. The Morgan fingerprint density at radius 2 is 2.18 bits per heavy atom. The Bertz CT molecular complexity index is 1300. The van der Waals surface area contributed by atoms with Gasteiger partial charge in [-0.05, 0) is 43.8 Å². The summed E-state index contributed by atoms with van der Waals surface area (Å²) in [5.74, 6) is 1.83. The van der Waals surface area contributed by atoms with E-state index in [2.05, 4.69) is 51.4 Å². The molecule has 1 aromatic carbocycles. The van der Waals surface area contributed by atoms with E-state index in [1.54, 1.807) is 18.4 Å². The molecule has 0 aliphatic carbocycles. The van der Waals surface area contributed by atoms with Crippen molar-refractivity contribution in [2.75, 3.05) is 44.9 Å². The lowest BCUT2D eigenvalue weighted by atomic mass is 10.1. The first-order valence-corrected chi connectivity index (χ1v) is 13.0. The average Bonchev–Trinajstić information content (AvgIpc) is 3.60. The maximum atomic E-state index is 5.73. The number of H-pyrrole nitrogens is 1. The summed E-state index contributed by atoms with van der Waals surface area (Å²) in [4.78, 5) is 18.7. The molecule has 0 amide bonds. The number of hydrogen-bond donors (Lipinski definition) is 1. The van der Waals surface area contributed by atoms with Crippen molar-refractivity contribution < 1.29 is 9.47 Å². The van der Waals surface area contributed by atoms with Gasteiger partial charge in [0.25, 0.3) is 0 Å². The van der Waals surface area contributed by atoms with Gasteiger partial charge >= 0.3 is 0 Å². The first kappa shape index (κ1) is 22.0. The van der Waals surface area contributed by atoms with Gasteiger partial charge < -0.3 is 19.4 Å². The molecule has 2 atom stereocenters. The first-order chi connectivity index (χ1) is 16.7. The Balaban J connectivity index is 1.48. The second kappa shape index (κ2) is 9.26. The SMILES string of the molecule is COC[C@@H]1CCCN1Cc1csc2c(N3CCOC[C@H]3C)nc(-c3cccc4[nH]ccc34)nc12. The third kappa shape index (κ3) is 3.88. The Labute approximate surface area is 203 Å². The first-order valence-electron chi connectivity index (χ1n) is 12.1. The molecule has 178 valence electrons. The lowest BCUT2D eigenvalue weighted by Crippen LogP contribution is -2.44. The standard InChI is InChI=1S/C26H31N5O2S/c1-17-14-33-12-11-31(17)26-24-23(18(16-34-24)13-30-10-4-5-19(30)15-32-2)28-25(29-26)21-6-3-7-22-20(21)8-9-27-22/h3,6-9,16-17,19,27H,4-5,10-15H2,1-2H3/t17-,19+/m1/s1. The summed E-state index contributed by atoms with van der Waals surface area (Å²) in [6.45, 7) is 7.30. The van der Waals surface area contributed by atoms with Crippen molar-refractivity contribution in [2.24, 2.45) is 0 Å². The highest BCUT2D eigenvalue weighted by atomic mass is 32.1. The zero-order valence-corrected chi connectivity index (χ0v) is 20.6. The molecule has 2 aliphatic heterocycles. The lowest BCUT2D eigenvalue weighted by Gasteiger charge is -2.34. The maximum absolute atomic E-state index is 5.73. The highest BCUT2D eigenvalue weighted by Crippen LogP contribution is 2.38. The predicted octanol–water partition coefficient (Wildman–Crippen LogP) is 4.68. The van der Waals surface area contributed by atoms with Gasteiger partial charge in [0.15, 0.2) is 11.6 Å². The molecule has 4 aromatic rings. The molecule has 8 heteroatoms. The van der Waals surface area contributed by atoms with Crippen molar-refractivity contribution in [1.29, 1.82) is 0 Å². The molecule has 1 N–H and O–H groups in total. The summed E-state index contributed by atoms with van der Waals surface area (Å²) in [5.41, 5.74) is 4.54. The van der Waals surface area contributed by atoms with Crippen LogP contribution in [-0.4, -0.2) is 72.0 Å². The summed E-state index contributed by atoms with van der Waals surface area (Å²) in [6.07, 6.45) is 4.40. The van der Waals surface area contributed by atoms with Crippen LogP contribution in [0.3, 0.4) is 0 Å². The van der Waals surface area contributed by atoms with E-state index in [9.17, 15) is 0 Å². The third-order valence-electron chi connectivity index (χ3n) is 7.18. The highest BCUT2D eigenvalue weighted by molar-refractivity contribution is 7.18. The van der Waals surface area contributed by atoms with Crippen LogP contribution in [-0.2, 0) is 16.0 Å². The van der Waals surface area contributed by atoms with Crippen LogP contribution in [0.4, 0.5) is 5.82 Å². The van der Waals surface area contributed by atoms with E-state index in [1.807, 2.05) is 6.20 Å². The Hall–Kier alpha value is -2.52. The molecule has 34 heavy (non-hydrogen) atoms. The average molecular weight is 478 g/mol. The number of aromatic nitrogens is 3. The minimum absolute atomic E-state index is 0.276. The topological polar surface area (TPSA) is 66.5 Å². The number of methoxy groups -OCH3 is 1. The van der Waals surface area contributed by atoms with Crippen molar-refractivity contribution in [1.82, 2.24) is 19.9 Å². The molecule has 0 spiro atoms. The molecule has 0 radical (unpaired) electrons. The number of anilines is 1. The van der Waals surface area contributed by atoms with E-state index in [0.29, 0.717) is 6.04 Å². The summed E-state index contributed by atoms with van der Waals surface area (Å²) in [7, 11) is 1.80. The Kier molecular flexibility index (Phi) is 5.99. The van der Waals surface area contributed by atoms with Gasteiger partial charge in [-0.15, -0.1) is 11.3 Å². The number of fused-ring (bicyclic) bond motifs is 2. The number of hydrogen-bond acceptors (Lipinski definition) is 7. The molecule has 2 saturated heterocycles. The highest BCUT2D eigenvalue weighted by Gasteiger charge is 2.28. The van der Waals surface area contributed by atoms with Crippen molar-refractivity contribution in [3.05, 3.63) is 41.4 Å². The van der Waals surface area contributed by atoms with E-state index in [1.165, 1.54) is 23.1 Å². The van der Waals surface area contributed by atoms with Crippen LogP contribution in [0.5, 0.6) is 0 Å². The van der Waals surface area contributed by atoms with Gasteiger partial charge in [-0.1, -0.05) is 12.1 Å². The van der Waals surface area contributed by atoms with Crippen LogP contribution in [0.2, 0.25) is 0 Å². The minimum atomic E-state index is 0.276. The number of rotatable bonds is 6. The number of nitrogens with zero attached hydrogens (tertiary/aromatic N) is 4. The second-order valence-electron chi connectivity index (χ2n) is 9.39. The van der Waals surface area contributed by atoms with Crippen LogP contribution in [0, 0.1) is 0 Å². The van der Waals surface area contributed by atoms with Crippen LogP contribution in [0.1, 0.15) is 25.3 Å². The van der Waals surface area contributed by atoms with Crippen molar-refractivity contribution in [2.45, 2.75) is 38.4 Å². The Morgan fingerprint density at radius 1 is 1.24 bits per heavy atom. The molecule has 2 aliphatic rings. The molecule has 7 nitrogen and oxygen atoms in total. The molecular weight excluding hydrogens is 446 g/mol. The molecule has 3 aromatic heterocycles. The number of nitrogens with one attached hydrogen (secondary N) is 1. The maximum Gasteiger partial charge on any atom is 0.162 e. The summed E-state index contributed by atoms with van der Waals surface area (Å²) < 4.78 is 12.4. The quantitative estimate of drug-likeness (QED) is 0.435. The second-order valence-corrected chi connectivity index (χ2v) is 10.3. The number of morpholine rings is 1. The zero-order chi connectivity index (χ0) is 23.1. The van der Waals surface area contributed by atoms with E-state index in [-0.39, 0.29) is 6.04 Å². The van der Waals surface area contributed by atoms with Crippen molar-refractivity contribution in [3.8, 4) is 11.4 Å². The Morgan fingerprint density at radius 3 is 3.06 bits per heavy atom. The normalized spacial score (nSPS) is 21.8. The monoisotopic (exact) mass is 477 g/mol. The minimum Gasteiger partial charge on any atom is -0.383 e. The summed E-state index contributed by atoms with van der Waals surface area (Å²) in [5, 5.41) is 3.44. The number of likely N-dealkylation sites (tertiary alicyclic amines) is 1. The van der Waals surface area contributed by atoms with E-state index in [4.69, 9.17) is 19.4 Å². The molecule has 0 saturated carbocycles. The van der Waals surface area contributed by atoms with E-state index in [0.717, 1.165) is 73.1 Å². The fourth-order valence-corrected chi connectivity index (χ4v) is 6.41. The summed E-state index contributed by atoms with van der Waals surface area (Å²) >= 11 is 1.77. The van der Waals surface area contributed by atoms with Crippen LogP contribution >= 0.6 is 11.3 Å². The zero-order valence-electron chi connectivity index (χ0n) is 19.8. The van der Waals surface area contributed by atoms with Gasteiger partial charge in [0.05, 0.1) is 36.1 Å². The van der Waals surface area contributed by atoms with E-state index < -0.39 is 0 Å². The molecule has 6 rings (SSSR count). The van der Waals surface area contributed by atoms with Gasteiger partial charge in [0, 0.05) is 54.5 Å². The number of aromatic amines is 1. The van der Waals surface area contributed by atoms with Crippen LogP contribution in [0.15, 0.2) is 35.8 Å². The molecule has 0 unspecified atom stereocenters. The smallest absolute Gasteiger partial charge is 0.162 e. The van der Waals surface area contributed by atoms with Gasteiger partial charge in [0.2, 0.25) is 0 Å². The number of thiophene rings is 1. The largest absolute Gasteiger partial charge is 0.383 e. The molecular formula is C26H31N5O2S. The van der Waals surface area contributed by atoms with Crippen molar-refractivity contribution in [3.63, 3.8) is 0 Å². The van der Waals surface area contributed by atoms with Crippen LogP contribution in [0.25, 0.3) is 32.5 Å². The fraction of sp³-hybridized carbons (Fsp3) is 0.462. The number of ether oxygens (including phenoxy) is 2. The van der Waals surface area contributed by atoms with Gasteiger partial charge in [-0.2, -0.15) is 0 Å².